The van der Waals surface area contributed by atoms with Crippen molar-refractivity contribution in [2.24, 2.45) is 0 Å². The van der Waals surface area contributed by atoms with Gasteiger partial charge in [0.1, 0.15) is 10.7 Å². The maximum Gasteiger partial charge on any atom is 0.244 e. The lowest BCUT2D eigenvalue weighted by molar-refractivity contribution is 0.257. The second-order valence-corrected chi connectivity index (χ2v) is 8.82. The fourth-order valence-electron chi connectivity index (χ4n) is 3.93. The number of fused-ring (bicyclic) bond motifs is 1. The van der Waals surface area contributed by atoms with Crippen LogP contribution in [0.15, 0.2) is 35.4 Å². The van der Waals surface area contributed by atoms with Gasteiger partial charge in [0, 0.05) is 30.7 Å². The molecule has 1 aromatic heterocycles. The Morgan fingerprint density at radius 1 is 1.12 bits per heavy atom. The second-order valence-electron chi connectivity index (χ2n) is 6.93. The number of aromatic nitrogens is 1. The van der Waals surface area contributed by atoms with Crippen LogP contribution in [-0.4, -0.2) is 54.8 Å². The zero-order chi connectivity index (χ0) is 17.4. The first-order chi connectivity index (χ1) is 12.0. The number of sulfonamides is 1. The minimum atomic E-state index is -3.61. The van der Waals surface area contributed by atoms with Crippen molar-refractivity contribution >= 4 is 20.9 Å². The highest BCUT2D eigenvalue weighted by molar-refractivity contribution is 7.89. The van der Waals surface area contributed by atoms with E-state index in [1.54, 1.807) is 10.4 Å². The number of likely N-dealkylation sites (tertiary alicyclic amines) is 1. The van der Waals surface area contributed by atoms with Gasteiger partial charge in [0.15, 0.2) is 0 Å². The zero-order valence-electron chi connectivity index (χ0n) is 14.1. The van der Waals surface area contributed by atoms with Gasteiger partial charge in [-0.05, 0) is 63.0 Å². The normalized spacial score (nSPS) is 22.8. The fraction of sp³-hybridized carbons (Fsp3) is 0.500. The predicted octanol–water partition coefficient (Wildman–Crippen LogP) is 2.62. The molecule has 2 aliphatic rings. The van der Waals surface area contributed by atoms with Gasteiger partial charge < -0.3 is 4.90 Å². The quantitative estimate of drug-likeness (QED) is 0.838. The summed E-state index contributed by atoms with van der Waals surface area (Å²) in [7, 11) is -3.61. The van der Waals surface area contributed by atoms with Crippen LogP contribution in [0.2, 0.25) is 0 Å². The van der Waals surface area contributed by atoms with Gasteiger partial charge in [-0.2, -0.15) is 4.31 Å². The molecule has 4 rings (SSSR count). The van der Waals surface area contributed by atoms with Crippen molar-refractivity contribution in [1.29, 1.82) is 0 Å². The molecular formula is C18H22FN3O2S. The highest BCUT2D eigenvalue weighted by Gasteiger charge is 2.36. The van der Waals surface area contributed by atoms with E-state index < -0.39 is 15.8 Å². The Balaban J connectivity index is 1.63. The third-order valence-corrected chi connectivity index (χ3v) is 7.13. The van der Waals surface area contributed by atoms with E-state index in [2.05, 4.69) is 9.88 Å². The second kappa shape index (κ2) is 6.63. The monoisotopic (exact) mass is 363 g/mol. The first-order valence-corrected chi connectivity index (χ1v) is 10.3. The molecule has 1 unspecified atom stereocenters. The molecule has 0 saturated carbocycles. The van der Waals surface area contributed by atoms with Gasteiger partial charge in [0.25, 0.3) is 0 Å². The first kappa shape index (κ1) is 16.9. The molecule has 0 bridgehead atoms. The van der Waals surface area contributed by atoms with E-state index in [0.717, 1.165) is 32.5 Å². The highest BCUT2D eigenvalue weighted by Crippen LogP contribution is 2.28. The van der Waals surface area contributed by atoms with E-state index in [1.165, 1.54) is 37.2 Å². The van der Waals surface area contributed by atoms with Crippen LogP contribution in [0.1, 0.15) is 25.7 Å². The lowest BCUT2D eigenvalue weighted by atomic mass is 10.2. The number of halogens is 1. The van der Waals surface area contributed by atoms with Gasteiger partial charge in [0.05, 0.1) is 5.52 Å². The molecule has 2 aromatic rings. The van der Waals surface area contributed by atoms with Gasteiger partial charge in [-0.25, -0.2) is 12.8 Å². The fourth-order valence-corrected chi connectivity index (χ4v) is 5.60. The molecule has 3 heterocycles. The zero-order valence-corrected chi connectivity index (χ0v) is 14.9. The molecule has 2 aliphatic heterocycles. The third kappa shape index (κ3) is 3.28. The van der Waals surface area contributed by atoms with Crippen LogP contribution < -0.4 is 0 Å². The van der Waals surface area contributed by atoms with Crippen LogP contribution in [0.25, 0.3) is 10.9 Å². The Hall–Kier alpha value is -1.57. The molecule has 7 heteroatoms. The lowest BCUT2D eigenvalue weighted by Gasteiger charge is -2.27. The Kier molecular flexibility index (Phi) is 4.47. The summed E-state index contributed by atoms with van der Waals surface area (Å²) in [6, 6.07) is 5.77. The molecule has 1 aromatic carbocycles. The van der Waals surface area contributed by atoms with Crippen molar-refractivity contribution in [2.45, 2.75) is 36.6 Å². The average Bonchev–Trinajstić information content (AvgIpc) is 3.26. The minimum Gasteiger partial charge on any atom is -0.302 e. The number of hydrogen-bond acceptors (Lipinski definition) is 4. The Morgan fingerprint density at radius 2 is 1.92 bits per heavy atom. The Morgan fingerprint density at radius 3 is 2.72 bits per heavy atom. The molecular weight excluding hydrogens is 341 g/mol. The van der Waals surface area contributed by atoms with E-state index in [0.29, 0.717) is 17.4 Å². The number of pyridine rings is 1. The number of hydrogen-bond donors (Lipinski definition) is 0. The molecule has 2 fully saturated rings. The summed E-state index contributed by atoms with van der Waals surface area (Å²) in [5.74, 6) is -0.392. The SMILES string of the molecule is O=S(=O)(c1cnc2ccc(F)cc2c1)N1CCCC1CN1CCCC1. The maximum absolute atomic E-state index is 13.5. The standard InChI is InChI=1S/C18H22FN3O2S/c19-15-5-6-18-14(10-15)11-17(12-20-18)25(23,24)22-9-3-4-16(22)13-21-7-1-2-8-21/h5-6,10-12,16H,1-4,7-9,13H2. The van der Waals surface area contributed by atoms with Crippen LogP contribution in [0, 0.1) is 5.82 Å². The van der Waals surface area contributed by atoms with Crippen molar-refractivity contribution < 1.29 is 12.8 Å². The van der Waals surface area contributed by atoms with E-state index in [1.807, 2.05) is 0 Å². The topological polar surface area (TPSA) is 53.5 Å². The van der Waals surface area contributed by atoms with E-state index in [4.69, 9.17) is 0 Å². The van der Waals surface area contributed by atoms with Crippen LogP contribution >= 0.6 is 0 Å². The van der Waals surface area contributed by atoms with Gasteiger partial charge in [0.2, 0.25) is 10.0 Å². The predicted molar refractivity (Wildman–Crippen MR) is 94.3 cm³/mol. The largest absolute Gasteiger partial charge is 0.302 e. The molecule has 134 valence electrons. The summed E-state index contributed by atoms with van der Waals surface area (Å²) in [6.07, 6.45) is 5.55. The molecule has 0 aliphatic carbocycles. The van der Waals surface area contributed by atoms with Crippen molar-refractivity contribution in [2.75, 3.05) is 26.2 Å². The molecule has 0 amide bonds. The van der Waals surface area contributed by atoms with Gasteiger partial charge in [-0.3, -0.25) is 4.98 Å². The van der Waals surface area contributed by atoms with Gasteiger partial charge in [-0.15, -0.1) is 0 Å². The molecule has 25 heavy (non-hydrogen) atoms. The smallest absolute Gasteiger partial charge is 0.244 e. The summed E-state index contributed by atoms with van der Waals surface area (Å²) in [5, 5.41) is 0.511. The number of benzene rings is 1. The number of nitrogens with zero attached hydrogens (tertiary/aromatic N) is 3. The van der Waals surface area contributed by atoms with E-state index >= 15 is 0 Å². The van der Waals surface area contributed by atoms with Crippen molar-refractivity contribution in [3.8, 4) is 0 Å². The third-order valence-electron chi connectivity index (χ3n) is 5.22. The maximum atomic E-state index is 13.5. The summed E-state index contributed by atoms with van der Waals surface area (Å²) >= 11 is 0. The van der Waals surface area contributed by atoms with Crippen LogP contribution in [-0.2, 0) is 10.0 Å². The van der Waals surface area contributed by atoms with E-state index in [-0.39, 0.29) is 10.9 Å². The molecule has 0 spiro atoms. The van der Waals surface area contributed by atoms with E-state index in [9.17, 15) is 12.8 Å². The summed E-state index contributed by atoms with van der Waals surface area (Å²) < 4.78 is 41.3. The highest BCUT2D eigenvalue weighted by atomic mass is 32.2. The molecule has 0 N–H and O–H groups in total. The summed E-state index contributed by atoms with van der Waals surface area (Å²) in [6.45, 7) is 3.46. The summed E-state index contributed by atoms with van der Waals surface area (Å²) in [4.78, 5) is 6.71. The first-order valence-electron chi connectivity index (χ1n) is 8.83. The minimum absolute atomic E-state index is 0.0197. The van der Waals surface area contributed by atoms with Gasteiger partial charge in [-0.1, -0.05) is 0 Å². The van der Waals surface area contributed by atoms with Crippen molar-refractivity contribution in [3.63, 3.8) is 0 Å². The van der Waals surface area contributed by atoms with Crippen LogP contribution in [0.4, 0.5) is 4.39 Å². The number of rotatable bonds is 4. The Labute approximate surface area is 147 Å². The lowest BCUT2D eigenvalue weighted by Crippen LogP contribution is -2.42. The Bertz CT molecular complexity index is 881. The molecule has 0 radical (unpaired) electrons. The molecule has 5 nitrogen and oxygen atoms in total. The van der Waals surface area contributed by atoms with Crippen molar-refractivity contribution in [1.82, 2.24) is 14.2 Å². The van der Waals surface area contributed by atoms with Gasteiger partial charge >= 0.3 is 0 Å². The molecule has 2 saturated heterocycles. The van der Waals surface area contributed by atoms with Crippen LogP contribution in [0.3, 0.4) is 0 Å². The van der Waals surface area contributed by atoms with Crippen molar-refractivity contribution in [3.05, 3.63) is 36.3 Å². The molecule has 1 atom stereocenters. The summed E-state index contributed by atoms with van der Waals surface area (Å²) in [5.41, 5.74) is 0.593. The average molecular weight is 363 g/mol. The van der Waals surface area contributed by atoms with Crippen LogP contribution in [0.5, 0.6) is 0 Å².